The van der Waals surface area contributed by atoms with E-state index in [1.54, 1.807) is 13.8 Å². The number of rotatable bonds is 6. The molecular weight excluding hydrogens is 310 g/mol. The number of carboxylic acid groups (broad SMARTS) is 1. The van der Waals surface area contributed by atoms with Crippen LogP contribution < -0.4 is 0 Å². The van der Waals surface area contributed by atoms with Gasteiger partial charge in [0.1, 0.15) is 6.04 Å². The molecule has 1 fully saturated rings. The molecule has 8 heteroatoms. The molecule has 0 spiro atoms. The van der Waals surface area contributed by atoms with Crippen molar-refractivity contribution in [1.29, 1.82) is 0 Å². The SMILES string of the molecule is COC1(OC)C[C@@H](C(=O)O)N(C(=O)C(C)(C)CSC(C)=O)C1. The minimum absolute atomic E-state index is 0.0456. The highest BCUT2D eigenvalue weighted by atomic mass is 32.2. The van der Waals surface area contributed by atoms with Crippen LogP contribution in [-0.4, -0.2) is 65.3 Å². The molecule has 0 bridgehead atoms. The summed E-state index contributed by atoms with van der Waals surface area (Å²) in [4.78, 5) is 36.6. The molecule has 0 aromatic heterocycles. The molecule has 0 aromatic rings. The van der Waals surface area contributed by atoms with E-state index in [4.69, 9.17) is 9.47 Å². The smallest absolute Gasteiger partial charge is 0.326 e. The predicted molar refractivity (Wildman–Crippen MR) is 81.4 cm³/mol. The Balaban J connectivity index is 2.98. The van der Waals surface area contributed by atoms with E-state index in [9.17, 15) is 19.5 Å². The van der Waals surface area contributed by atoms with Crippen molar-refractivity contribution in [3.63, 3.8) is 0 Å². The lowest BCUT2D eigenvalue weighted by atomic mass is 9.94. The summed E-state index contributed by atoms with van der Waals surface area (Å²) in [6, 6.07) is -1.01. The number of carboxylic acids is 1. The van der Waals surface area contributed by atoms with Crippen molar-refractivity contribution in [2.24, 2.45) is 5.41 Å². The monoisotopic (exact) mass is 333 g/mol. The van der Waals surface area contributed by atoms with Gasteiger partial charge in [-0.25, -0.2) is 4.79 Å². The van der Waals surface area contributed by atoms with E-state index in [1.165, 1.54) is 26.0 Å². The summed E-state index contributed by atoms with van der Waals surface area (Å²) in [5, 5.41) is 9.29. The molecule has 1 amide bonds. The number of ether oxygens (including phenoxy) is 2. The maximum absolute atomic E-state index is 12.7. The molecule has 1 aliphatic rings. The second-order valence-electron chi connectivity index (χ2n) is 5.97. The van der Waals surface area contributed by atoms with Gasteiger partial charge in [-0.05, 0) is 0 Å². The van der Waals surface area contributed by atoms with Crippen molar-refractivity contribution in [3.8, 4) is 0 Å². The van der Waals surface area contributed by atoms with Crippen molar-refractivity contribution in [2.45, 2.75) is 39.0 Å². The lowest BCUT2D eigenvalue weighted by molar-refractivity contribution is -0.197. The first-order valence-corrected chi connectivity index (χ1v) is 7.84. The van der Waals surface area contributed by atoms with E-state index in [2.05, 4.69) is 0 Å². The number of nitrogens with zero attached hydrogens (tertiary/aromatic N) is 1. The third-order valence-electron chi connectivity index (χ3n) is 3.80. The van der Waals surface area contributed by atoms with Crippen LogP contribution in [0.5, 0.6) is 0 Å². The van der Waals surface area contributed by atoms with Crippen LogP contribution in [0.1, 0.15) is 27.2 Å². The standard InChI is InChI=1S/C14H23NO6S/c1-9(16)22-8-13(2,3)12(19)15-7-14(20-4,21-5)6-10(15)11(17)18/h10H,6-8H2,1-5H3,(H,17,18)/t10-/m0/s1. The first-order chi connectivity index (χ1) is 10.1. The van der Waals surface area contributed by atoms with Gasteiger partial charge in [0.2, 0.25) is 5.91 Å². The fourth-order valence-corrected chi connectivity index (χ4v) is 3.07. The Labute approximate surface area is 134 Å². The van der Waals surface area contributed by atoms with Gasteiger partial charge in [-0.1, -0.05) is 25.6 Å². The Morgan fingerprint density at radius 3 is 2.27 bits per heavy atom. The lowest BCUT2D eigenvalue weighted by Gasteiger charge is -2.32. The number of aliphatic carboxylic acids is 1. The Hall–Kier alpha value is -1.12. The maximum atomic E-state index is 12.7. The highest BCUT2D eigenvalue weighted by Crippen LogP contribution is 2.35. The zero-order valence-corrected chi connectivity index (χ0v) is 14.4. The van der Waals surface area contributed by atoms with E-state index in [1.807, 2.05) is 0 Å². The predicted octanol–water partition coefficient (Wildman–Crippen LogP) is 0.967. The molecular formula is C14H23NO6S. The van der Waals surface area contributed by atoms with Gasteiger partial charge in [-0.3, -0.25) is 9.59 Å². The summed E-state index contributed by atoms with van der Waals surface area (Å²) in [6.07, 6.45) is 0.0665. The van der Waals surface area contributed by atoms with Crippen molar-refractivity contribution < 1.29 is 29.0 Å². The minimum Gasteiger partial charge on any atom is -0.480 e. The summed E-state index contributed by atoms with van der Waals surface area (Å²) in [5.41, 5.74) is -0.860. The van der Waals surface area contributed by atoms with Gasteiger partial charge in [0.05, 0.1) is 12.0 Å². The van der Waals surface area contributed by atoms with Crippen LogP contribution in [0.25, 0.3) is 0 Å². The fraction of sp³-hybridized carbons (Fsp3) is 0.786. The third-order valence-corrected chi connectivity index (χ3v) is 5.07. The molecule has 0 aromatic carbocycles. The molecule has 0 saturated carbocycles. The van der Waals surface area contributed by atoms with Crippen LogP contribution >= 0.6 is 11.8 Å². The molecule has 1 saturated heterocycles. The average molecular weight is 333 g/mol. The minimum atomic E-state index is -1.11. The van der Waals surface area contributed by atoms with Crippen molar-refractivity contribution in [3.05, 3.63) is 0 Å². The molecule has 1 aliphatic heterocycles. The second-order valence-corrected chi connectivity index (χ2v) is 7.13. The first kappa shape index (κ1) is 18.9. The maximum Gasteiger partial charge on any atom is 0.326 e. The Morgan fingerprint density at radius 2 is 1.86 bits per heavy atom. The van der Waals surface area contributed by atoms with E-state index in [0.717, 1.165) is 11.8 Å². The highest BCUT2D eigenvalue weighted by molar-refractivity contribution is 8.13. The number of methoxy groups -OCH3 is 2. The van der Waals surface area contributed by atoms with Gasteiger partial charge in [-0.2, -0.15) is 0 Å². The number of carbonyl (C=O) groups is 3. The molecule has 0 aliphatic carbocycles. The van der Waals surface area contributed by atoms with Gasteiger partial charge < -0.3 is 19.5 Å². The number of hydrogen-bond acceptors (Lipinski definition) is 6. The largest absolute Gasteiger partial charge is 0.480 e. The lowest BCUT2D eigenvalue weighted by Crippen LogP contribution is -2.48. The van der Waals surface area contributed by atoms with E-state index >= 15 is 0 Å². The summed E-state index contributed by atoms with van der Waals surface area (Å²) >= 11 is 1.05. The van der Waals surface area contributed by atoms with Gasteiger partial charge in [0, 0.05) is 33.3 Å². The van der Waals surface area contributed by atoms with Crippen molar-refractivity contribution in [1.82, 2.24) is 4.90 Å². The van der Waals surface area contributed by atoms with E-state index < -0.39 is 23.2 Å². The number of carbonyl (C=O) groups excluding carboxylic acids is 2. The molecule has 0 unspecified atom stereocenters. The molecule has 7 nitrogen and oxygen atoms in total. The van der Waals surface area contributed by atoms with Gasteiger partial charge in [-0.15, -0.1) is 0 Å². The summed E-state index contributed by atoms with van der Waals surface area (Å²) in [5.74, 6) is -2.25. The van der Waals surface area contributed by atoms with Crippen LogP contribution in [-0.2, 0) is 23.9 Å². The third kappa shape index (κ3) is 3.99. The van der Waals surface area contributed by atoms with Gasteiger partial charge >= 0.3 is 5.97 Å². The zero-order valence-electron chi connectivity index (χ0n) is 13.5. The highest BCUT2D eigenvalue weighted by Gasteiger charge is 2.52. The van der Waals surface area contributed by atoms with E-state index in [-0.39, 0.29) is 29.7 Å². The normalized spacial score (nSPS) is 21.0. The number of thioether (sulfide) groups is 1. The molecule has 1 atom stereocenters. The molecule has 1 rings (SSSR count). The molecule has 1 N–H and O–H groups in total. The van der Waals surface area contributed by atoms with Crippen LogP contribution in [0.3, 0.4) is 0 Å². The van der Waals surface area contributed by atoms with Crippen molar-refractivity contribution in [2.75, 3.05) is 26.5 Å². The molecule has 1 heterocycles. The van der Waals surface area contributed by atoms with Crippen LogP contribution in [0.4, 0.5) is 0 Å². The molecule has 126 valence electrons. The number of hydrogen-bond donors (Lipinski definition) is 1. The van der Waals surface area contributed by atoms with Gasteiger partial charge in [0.25, 0.3) is 0 Å². The first-order valence-electron chi connectivity index (χ1n) is 6.86. The number of likely N-dealkylation sites (tertiary alicyclic amines) is 1. The number of amides is 1. The quantitative estimate of drug-likeness (QED) is 0.724. The van der Waals surface area contributed by atoms with E-state index in [0.29, 0.717) is 0 Å². The van der Waals surface area contributed by atoms with Crippen LogP contribution in [0, 0.1) is 5.41 Å². The summed E-state index contributed by atoms with van der Waals surface area (Å²) in [7, 11) is 2.85. The molecule has 22 heavy (non-hydrogen) atoms. The topological polar surface area (TPSA) is 93.1 Å². The summed E-state index contributed by atoms with van der Waals surface area (Å²) in [6.45, 7) is 4.87. The van der Waals surface area contributed by atoms with Crippen molar-refractivity contribution >= 4 is 28.8 Å². The Morgan fingerprint density at radius 1 is 1.32 bits per heavy atom. The molecule has 0 radical (unpaired) electrons. The second kappa shape index (κ2) is 6.97. The zero-order chi connectivity index (χ0) is 17.1. The van der Waals surface area contributed by atoms with Crippen LogP contribution in [0.15, 0.2) is 0 Å². The van der Waals surface area contributed by atoms with Crippen LogP contribution in [0.2, 0.25) is 0 Å². The van der Waals surface area contributed by atoms with Gasteiger partial charge in [0.15, 0.2) is 10.9 Å². The summed E-state index contributed by atoms with van der Waals surface area (Å²) < 4.78 is 10.6. The Kier molecular flexibility index (Phi) is 6.00. The fourth-order valence-electron chi connectivity index (χ4n) is 2.38. The average Bonchev–Trinajstić information content (AvgIpc) is 2.85. The Bertz CT molecular complexity index is 460.